The van der Waals surface area contributed by atoms with Crippen LogP contribution in [0, 0.1) is 12.3 Å². The largest absolute Gasteiger partial charge is 0.497 e. The average molecular weight is 394 g/mol. The fourth-order valence-electron chi connectivity index (χ4n) is 3.15. The molecule has 0 saturated heterocycles. The first kappa shape index (κ1) is 20.2. The van der Waals surface area contributed by atoms with E-state index in [1.807, 2.05) is 30.3 Å². The molecule has 1 atom stereocenters. The molecule has 1 aromatic carbocycles. The van der Waals surface area contributed by atoms with E-state index in [4.69, 9.17) is 16.3 Å². The molecule has 0 bridgehead atoms. The molecule has 2 aromatic heterocycles. The molecule has 0 saturated carbocycles. The Bertz CT molecular complexity index is 1210. The second kappa shape index (κ2) is 8.63. The van der Waals surface area contributed by atoms with Crippen LogP contribution in [0.25, 0.3) is 17.2 Å². The maximum atomic E-state index is 12.4. The zero-order valence-corrected chi connectivity index (χ0v) is 16.3. The number of ether oxygens (including phenoxy) is 1. The average Bonchev–Trinajstić information content (AvgIpc) is 3.06. The number of methoxy groups -OCH3 is 1. The van der Waals surface area contributed by atoms with Crippen LogP contribution >= 0.6 is 0 Å². The number of nitrogens with zero attached hydrogens (tertiary/aromatic N) is 3. The van der Waals surface area contributed by atoms with Gasteiger partial charge in [0.25, 0.3) is 5.56 Å². The van der Waals surface area contributed by atoms with E-state index in [1.54, 1.807) is 24.8 Å². The van der Waals surface area contributed by atoms with E-state index < -0.39 is 17.2 Å². The Kier molecular flexibility index (Phi) is 6.00. The zero-order valence-electron chi connectivity index (χ0n) is 16.3. The van der Waals surface area contributed by atoms with Crippen molar-refractivity contribution in [1.29, 1.82) is 0 Å². The molecule has 2 heterocycles. The van der Waals surface area contributed by atoms with Crippen molar-refractivity contribution in [3.63, 3.8) is 0 Å². The number of terminal acetylenes is 1. The third kappa shape index (κ3) is 4.00. The van der Waals surface area contributed by atoms with Gasteiger partial charge in [0.15, 0.2) is 11.2 Å². The molecule has 0 aliphatic rings. The lowest BCUT2D eigenvalue weighted by Crippen LogP contribution is -2.31. The molecule has 0 radical (unpaired) electrons. The smallest absolute Gasteiger partial charge is 0.330 e. The Morgan fingerprint density at radius 3 is 2.90 bits per heavy atom. The van der Waals surface area contributed by atoms with Gasteiger partial charge >= 0.3 is 5.69 Å². The molecule has 0 fully saturated rings. The summed E-state index contributed by atoms with van der Waals surface area (Å²) in [6.07, 6.45) is 9.76. The number of benzene rings is 1. The van der Waals surface area contributed by atoms with Crippen LogP contribution in [0.15, 0.2) is 39.9 Å². The molecule has 1 unspecified atom stereocenters. The Hall–Kier alpha value is -3.57. The summed E-state index contributed by atoms with van der Waals surface area (Å²) in [5, 5.41) is 9.09. The van der Waals surface area contributed by atoms with E-state index in [-0.39, 0.29) is 24.3 Å². The maximum Gasteiger partial charge on any atom is 0.330 e. The normalized spacial score (nSPS) is 12.3. The lowest BCUT2D eigenvalue weighted by molar-refractivity contribution is 0.279. The molecular weight excluding hydrogens is 372 g/mol. The highest BCUT2D eigenvalue weighted by atomic mass is 16.5. The molecule has 8 nitrogen and oxygen atoms in total. The zero-order chi connectivity index (χ0) is 21.0. The van der Waals surface area contributed by atoms with E-state index in [1.165, 1.54) is 4.57 Å². The van der Waals surface area contributed by atoms with Gasteiger partial charge in [0.1, 0.15) is 11.6 Å². The molecule has 3 rings (SSSR count). The predicted octanol–water partition coefficient (Wildman–Crippen LogP) is 1.24. The molecule has 0 aliphatic heterocycles. The standard InChI is InChI=1S/C21H22N4O4/c1-4-15(10-9-14-7-5-8-16(13-14)29-3)18-22-19-17(24(18)2)20(27)23-21(28)25(19)11-6-12-26/h1,5,7-10,13,15,26H,6,11-12H2,2-3H3,(H,23,27,28)/b10-9+. The fourth-order valence-corrected chi connectivity index (χ4v) is 3.15. The number of fused-ring (bicyclic) bond motifs is 1. The second-order valence-corrected chi connectivity index (χ2v) is 6.47. The van der Waals surface area contributed by atoms with Crippen LogP contribution in [0.4, 0.5) is 0 Å². The molecule has 150 valence electrons. The van der Waals surface area contributed by atoms with Crippen molar-refractivity contribution in [1.82, 2.24) is 19.1 Å². The maximum absolute atomic E-state index is 12.4. The van der Waals surface area contributed by atoms with Gasteiger partial charge in [0, 0.05) is 20.2 Å². The number of imidazole rings is 1. The molecule has 2 N–H and O–H groups in total. The summed E-state index contributed by atoms with van der Waals surface area (Å²) in [4.78, 5) is 31.4. The minimum absolute atomic E-state index is 0.0804. The number of aliphatic hydroxyl groups is 1. The quantitative estimate of drug-likeness (QED) is 0.587. The number of aromatic amines is 1. The van der Waals surface area contributed by atoms with Gasteiger partial charge in [-0.15, -0.1) is 6.42 Å². The Morgan fingerprint density at radius 1 is 1.41 bits per heavy atom. The van der Waals surface area contributed by atoms with Gasteiger partial charge in [-0.25, -0.2) is 9.78 Å². The minimum Gasteiger partial charge on any atom is -0.497 e. The first-order valence-corrected chi connectivity index (χ1v) is 9.08. The van der Waals surface area contributed by atoms with Crippen LogP contribution in [-0.2, 0) is 13.6 Å². The van der Waals surface area contributed by atoms with Gasteiger partial charge in [0.05, 0.1) is 13.0 Å². The van der Waals surface area contributed by atoms with Gasteiger partial charge in [0.2, 0.25) is 0 Å². The predicted molar refractivity (Wildman–Crippen MR) is 111 cm³/mol. The van der Waals surface area contributed by atoms with Crippen LogP contribution in [-0.4, -0.2) is 37.9 Å². The monoisotopic (exact) mass is 394 g/mol. The van der Waals surface area contributed by atoms with Crippen LogP contribution in [0.5, 0.6) is 5.75 Å². The van der Waals surface area contributed by atoms with E-state index in [2.05, 4.69) is 15.9 Å². The second-order valence-electron chi connectivity index (χ2n) is 6.47. The molecule has 0 aliphatic carbocycles. The van der Waals surface area contributed by atoms with Crippen molar-refractivity contribution in [3.05, 3.63) is 62.6 Å². The fraction of sp³-hybridized carbons (Fsp3) is 0.286. The van der Waals surface area contributed by atoms with Crippen LogP contribution in [0.2, 0.25) is 0 Å². The SMILES string of the molecule is C#CC(/C=C/c1cccc(OC)c1)c1nc2c(c(=O)[nH]c(=O)n2CCCO)n1C. The van der Waals surface area contributed by atoms with Gasteiger partial charge in [-0.05, 0) is 24.1 Å². The van der Waals surface area contributed by atoms with E-state index >= 15 is 0 Å². The highest BCUT2D eigenvalue weighted by Crippen LogP contribution is 2.21. The lowest BCUT2D eigenvalue weighted by Gasteiger charge is -2.06. The third-order valence-electron chi connectivity index (χ3n) is 4.62. The Morgan fingerprint density at radius 2 is 2.21 bits per heavy atom. The van der Waals surface area contributed by atoms with Gasteiger partial charge in [-0.2, -0.15) is 0 Å². The summed E-state index contributed by atoms with van der Waals surface area (Å²) in [5.74, 6) is 3.36. The van der Waals surface area contributed by atoms with Gasteiger partial charge in [-0.3, -0.25) is 14.3 Å². The van der Waals surface area contributed by atoms with Crippen molar-refractivity contribution < 1.29 is 9.84 Å². The summed E-state index contributed by atoms with van der Waals surface area (Å²) in [5.41, 5.74) is 0.317. The van der Waals surface area contributed by atoms with Crippen molar-refractivity contribution >= 4 is 17.2 Å². The minimum atomic E-state index is -0.565. The van der Waals surface area contributed by atoms with Crippen molar-refractivity contribution in [3.8, 4) is 18.1 Å². The van der Waals surface area contributed by atoms with Crippen LogP contribution < -0.4 is 16.0 Å². The molecule has 29 heavy (non-hydrogen) atoms. The van der Waals surface area contributed by atoms with Crippen LogP contribution in [0.3, 0.4) is 0 Å². The lowest BCUT2D eigenvalue weighted by atomic mass is 10.1. The van der Waals surface area contributed by atoms with Gasteiger partial charge in [-0.1, -0.05) is 30.2 Å². The number of allylic oxidation sites excluding steroid dienone is 1. The Labute approximate surface area is 167 Å². The number of H-pyrrole nitrogens is 1. The number of hydrogen-bond acceptors (Lipinski definition) is 5. The summed E-state index contributed by atoms with van der Waals surface area (Å²) < 4.78 is 8.17. The highest BCUT2D eigenvalue weighted by Gasteiger charge is 2.20. The number of aliphatic hydroxyl groups excluding tert-OH is 1. The molecule has 0 amide bonds. The number of aryl methyl sites for hydroxylation is 2. The van der Waals surface area contributed by atoms with Gasteiger partial charge < -0.3 is 14.4 Å². The first-order chi connectivity index (χ1) is 14.0. The van der Waals surface area contributed by atoms with Crippen molar-refractivity contribution in [2.24, 2.45) is 7.05 Å². The molecule has 3 aromatic rings. The number of rotatable bonds is 7. The highest BCUT2D eigenvalue weighted by molar-refractivity contribution is 5.71. The van der Waals surface area contributed by atoms with Crippen molar-refractivity contribution in [2.45, 2.75) is 18.9 Å². The van der Waals surface area contributed by atoms with E-state index in [0.29, 0.717) is 12.2 Å². The molecule has 8 heteroatoms. The summed E-state index contributed by atoms with van der Waals surface area (Å²) >= 11 is 0. The Balaban J connectivity index is 2.07. The summed E-state index contributed by atoms with van der Waals surface area (Å²) in [6.45, 7) is 0.155. The molecular formula is C21H22N4O4. The van der Waals surface area contributed by atoms with E-state index in [0.717, 1.165) is 11.3 Å². The van der Waals surface area contributed by atoms with E-state index in [9.17, 15) is 9.59 Å². The molecule has 0 spiro atoms. The first-order valence-electron chi connectivity index (χ1n) is 9.08. The number of hydrogen-bond donors (Lipinski definition) is 2. The topological polar surface area (TPSA) is 102 Å². The summed E-state index contributed by atoms with van der Waals surface area (Å²) in [6, 6.07) is 7.51. The number of aromatic nitrogens is 4. The van der Waals surface area contributed by atoms with Crippen molar-refractivity contribution in [2.75, 3.05) is 13.7 Å². The third-order valence-corrected chi connectivity index (χ3v) is 4.62. The van der Waals surface area contributed by atoms with Crippen LogP contribution in [0.1, 0.15) is 23.7 Å². The summed E-state index contributed by atoms with van der Waals surface area (Å²) in [7, 11) is 3.28. The number of nitrogens with one attached hydrogen (secondary N) is 1.